The van der Waals surface area contributed by atoms with Gasteiger partial charge in [0.25, 0.3) is 0 Å². The van der Waals surface area contributed by atoms with Crippen molar-refractivity contribution < 1.29 is 4.39 Å². The molecule has 5 nitrogen and oxygen atoms in total. The van der Waals surface area contributed by atoms with Crippen LogP contribution in [0.3, 0.4) is 0 Å². The highest BCUT2D eigenvalue weighted by atomic mass is 35.5. The van der Waals surface area contributed by atoms with Crippen molar-refractivity contribution in [3.8, 4) is 0 Å². The number of aromatic nitrogens is 3. The molecule has 0 spiro atoms. The summed E-state index contributed by atoms with van der Waals surface area (Å²) in [6.45, 7) is 0.347. The van der Waals surface area contributed by atoms with Gasteiger partial charge in [-0.15, -0.1) is 0 Å². The Kier molecular flexibility index (Phi) is 4.34. The minimum absolute atomic E-state index is 0.110. The molecule has 0 aliphatic heterocycles. The summed E-state index contributed by atoms with van der Waals surface area (Å²) in [6, 6.07) is 6.59. The predicted octanol–water partition coefficient (Wildman–Crippen LogP) is 2.37. The quantitative estimate of drug-likeness (QED) is 0.866. The number of benzene rings is 1. The summed E-state index contributed by atoms with van der Waals surface area (Å²) >= 11 is 5.88. The highest BCUT2D eigenvalue weighted by Gasteiger charge is 2.12. The zero-order valence-electron chi connectivity index (χ0n) is 11.5. The zero-order valence-corrected chi connectivity index (χ0v) is 12.3. The molecule has 0 aliphatic carbocycles. The fourth-order valence-electron chi connectivity index (χ4n) is 1.65. The lowest BCUT2D eigenvalue weighted by atomic mass is 10.2. The summed E-state index contributed by atoms with van der Waals surface area (Å²) in [6.07, 6.45) is 0. The molecule has 20 heavy (non-hydrogen) atoms. The molecule has 0 radical (unpaired) electrons. The van der Waals surface area contributed by atoms with Crippen LogP contribution in [0.5, 0.6) is 0 Å². The van der Waals surface area contributed by atoms with Gasteiger partial charge in [0.1, 0.15) is 5.82 Å². The fraction of sp³-hybridized carbons (Fsp3) is 0.308. The maximum absolute atomic E-state index is 13.6. The standard InChI is InChI=1S/C13H15ClFN5/c1-19(2)12-16-11(14)17-13(18-12)20(3)8-9-6-4-5-7-10(9)15/h4-7H,8H2,1-3H3. The Balaban J connectivity index is 2.25. The number of rotatable bonds is 4. The van der Waals surface area contributed by atoms with E-state index in [1.54, 1.807) is 35.0 Å². The summed E-state index contributed by atoms with van der Waals surface area (Å²) in [5.74, 6) is 0.602. The summed E-state index contributed by atoms with van der Waals surface area (Å²) in [4.78, 5) is 15.8. The summed E-state index contributed by atoms with van der Waals surface area (Å²) in [7, 11) is 5.40. The van der Waals surface area contributed by atoms with Gasteiger partial charge in [-0.1, -0.05) is 18.2 Å². The second-order valence-electron chi connectivity index (χ2n) is 4.55. The van der Waals surface area contributed by atoms with Crippen LogP contribution in [0.2, 0.25) is 5.28 Å². The third kappa shape index (κ3) is 3.33. The Bertz CT molecular complexity index is 605. The molecule has 0 aliphatic rings. The van der Waals surface area contributed by atoms with Gasteiger partial charge in [0, 0.05) is 33.3 Å². The Labute approximate surface area is 122 Å². The molecule has 7 heteroatoms. The topological polar surface area (TPSA) is 45.2 Å². The van der Waals surface area contributed by atoms with Crippen LogP contribution in [0.25, 0.3) is 0 Å². The first-order valence-electron chi connectivity index (χ1n) is 6.01. The van der Waals surface area contributed by atoms with Crippen LogP contribution in [0.1, 0.15) is 5.56 Å². The molecule has 2 aromatic rings. The number of halogens is 2. The van der Waals surface area contributed by atoms with Gasteiger partial charge in [-0.3, -0.25) is 0 Å². The van der Waals surface area contributed by atoms with E-state index in [0.717, 1.165) is 0 Å². The molecule has 0 bridgehead atoms. The largest absolute Gasteiger partial charge is 0.347 e. The van der Waals surface area contributed by atoms with Crippen LogP contribution in [0, 0.1) is 5.82 Å². The molecule has 106 valence electrons. The average Bonchev–Trinajstić information content (AvgIpc) is 2.40. The van der Waals surface area contributed by atoms with Gasteiger partial charge in [-0.25, -0.2) is 4.39 Å². The molecule has 0 unspecified atom stereocenters. The van der Waals surface area contributed by atoms with E-state index in [2.05, 4.69) is 15.0 Å². The summed E-state index contributed by atoms with van der Waals surface area (Å²) in [5.41, 5.74) is 0.568. The third-order valence-corrected chi connectivity index (χ3v) is 2.86. The Hall–Kier alpha value is -1.95. The van der Waals surface area contributed by atoms with Crippen molar-refractivity contribution >= 4 is 23.5 Å². The van der Waals surface area contributed by atoms with E-state index >= 15 is 0 Å². The van der Waals surface area contributed by atoms with Gasteiger partial charge in [0.15, 0.2) is 0 Å². The van der Waals surface area contributed by atoms with Gasteiger partial charge in [-0.2, -0.15) is 15.0 Å². The van der Waals surface area contributed by atoms with E-state index in [4.69, 9.17) is 11.6 Å². The van der Waals surface area contributed by atoms with E-state index < -0.39 is 0 Å². The molecule has 1 aromatic carbocycles. The van der Waals surface area contributed by atoms with Crippen molar-refractivity contribution in [3.05, 3.63) is 40.9 Å². The molecule has 0 N–H and O–H groups in total. The minimum atomic E-state index is -0.257. The molecular formula is C13H15ClFN5. The Morgan fingerprint density at radius 2 is 1.70 bits per heavy atom. The number of nitrogens with zero attached hydrogens (tertiary/aromatic N) is 5. The van der Waals surface area contributed by atoms with Crippen LogP contribution in [-0.2, 0) is 6.54 Å². The van der Waals surface area contributed by atoms with Crippen LogP contribution >= 0.6 is 11.6 Å². The molecule has 2 rings (SSSR count). The number of hydrogen-bond acceptors (Lipinski definition) is 5. The van der Waals surface area contributed by atoms with Gasteiger partial charge >= 0.3 is 0 Å². The highest BCUT2D eigenvalue weighted by Crippen LogP contribution is 2.17. The Morgan fingerprint density at radius 3 is 2.35 bits per heavy atom. The maximum atomic E-state index is 13.6. The first-order chi connectivity index (χ1) is 9.47. The lowest BCUT2D eigenvalue weighted by molar-refractivity contribution is 0.607. The van der Waals surface area contributed by atoms with Crippen LogP contribution in [-0.4, -0.2) is 36.1 Å². The van der Waals surface area contributed by atoms with Gasteiger partial charge < -0.3 is 9.80 Å². The smallest absolute Gasteiger partial charge is 0.231 e. The second-order valence-corrected chi connectivity index (χ2v) is 4.88. The van der Waals surface area contributed by atoms with Crippen molar-refractivity contribution in [2.24, 2.45) is 0 Å². The molecule has 0 saturated carbocycles. The Morgan fingerprint density at radius 1 is 1.05 bits per heavy atom. The number of anilines is 2. The molecule has 1 heterocycles. The van der Waals surface area contributed by atoms with E-state index in [0.29, 0.717) is 24.0 Å². The first kappa shape index (κ1) is 14.5. The second kappa shape index (κ2) is 6.00. The van der Waals surface area contributed by atoms with E-state index in [1.807, 2.05) is 14.1 Å². The van der Waals surface area contributed by atoms with Crippen molar-refractivity contribution in [1.82, 2.24) is 15.0 Å². The molecule has 0 fully saturated rings. The van der Waals surface area contributed by atoms with Gasteiger partial charge in [0.05, 0.1) is 0 Å². The van der Waals surface area contributed by atoms with Crippen LogP contribution < -0.4 is 9.80 Å². The maximum Gasteiger partial charge on any atom is 0.231 e. The average molecular weight is 296 g/mol. The van der Waals surface area contributed by atoms with Gasteiger partial charge in [0.2, 0.25) is 17.2 Å². The molecule has 1 aromatic heterocycles. The molecular weight excluding hydrogens is 281 g/mol. The summed E-state index contributed by atoms with van der Waals surface area (Å²) < 4.78 is 13.6. The molecule has 0 amide bonds. The zero-order chi connectivity index (χ0) is 14.7. The monoisotopic (exact) mass is 295 g/mol. The lowest BCUT2D eigenvalue weighted by Crippen LogP contribution is -2.22. The lowest BCUT2D eigenvalue weighted by Gasteiger charge is -2.19. The van der Waals surface area contributed by atoms with Crippen molar-refractivity contribution in [2.45, 2.75) is 6.54 Å². The minimum Gasteiger partial charge on any atom is -0.347 e. The fourth-order valence-corrected chi connectivity index (χ4v) is 1.80. The van der Waals surface area contributed by atoms with E-state index in [-0.39, 0.29) is 11.1 Å². The van der Waals surface area contributed by atoms with Crippen molar-refractivity contribution in [2.75, 3.05) is 30.9 Å². The summed E-state index contributed by atoms with van der Waals surface area (Å²) in [5, 5.41) is 0.110. The van der Waals surface area contributed by atoms with Crippen molar-refractivity contribution in [1.29, 1.82) is 0 Å². The van der Waals surface area contributed by atoms with Crippen LogP contribution in [0.15, 0.2) is 24.3 Å². The SMILES string of the molecule is CN(C)c1nc(Cl)nc(N(C)Cc2ccccc2F)n1. The van der Waals surface area contributed by atoms with E-state index in [9.17, 15) is 4.39 Å². The number of hydrogen-bond donors (Lipinski definition) is 0. The normalized spacial score (nSPS) is 10.4. The first-order valence-corrected chi connectivity index (χ1v) is 6.38. The van der Waals surface area contributed by atoms with Crippen LogP contribution in [0.4, 0.5) is 16.3 Å². The highest BCUT2D eigenvalue weighted by molar-refractivity contribution is 6.28. The third-order valence-electron chi connectivity index (χ3n) is 2.69. The molecule has 0 atom stereocenters. The van der Waals surface area contributed by atoms with E-state index in [1.165, 1.54) is 6.07 Å². The van der Waals surface area contributed by atoms with Crippen molar-refractivity contribution in [3.63, 3.8) is 0 Å². The van der Waals surface area contributed by atoms with Gasteiger partial charge in [-0.05, 0) is 17.7 Å². The molecule has 0 saturated heterocycles. The predicted molar refractivity (Wildman–Crippen MR) is 77.7 cm³/mol.